The minimum Gasteiger partial charge on any atom is -0.462 e. The van der Waals surface area contributed by atoms with Gasteiger partial charge in [0.2, 0.25) is 0 Å². The lowest BCUT2D eigenvalue weighted by Crippen LogP contribution is -2.56. The Kier molecular flexibility index (Phi) is 24.5. The van der Waals surface area contributed by atoms with Crippen molar-refractivity contribution in [2.24, 2.45) is 0 Å². The van der Waals surface area contributed by atoms with E-state index in [9.17, 15) is 33.3 Å². The van der Waals surface area contributed by atoms with Gasteiger partial charge in [-0.25, -0.2) is 14.3 Å². The molecule has 0 aliphatic carbocycles. The van der Waals surface area contributed by atoms with Crippen LogP contribution in [0.1, 0.15) is 108 Å². The fraction of sp³-hybridized carbons (Fsp3) is 0.694. The number of anilines is 3. The second kappa shape index (κ2) is 30.8. The molecule has 0 bridgehead atoms. The Morgan fingerprint density at radius 1 is 0.692 bits per heavy atom. The number of halogens is 3. The van der Waals surface area contributed by atoms with Crippen LogP contribution < -0.4 is 29.5 Å². The van der Waals surface area contributed by atoms with Gasteiger partial charge in [0.05, 0.1) is 78.0 Å². The first-order chi connectivity index (χ1) is 42.2. The number of piperazine rings is 2. The largest absolute Gasteiger partial charge is 0.462 e. The predicted octanol–water partition coefficient (Wildman–Crippen LogP) is 8.69. The number of ether oxygens (including phenoxy) is 5. The first-order valence-electron chi connectivity index (χ1n) is 31.4. The molecule has 3 aromatic heterocycles. The molecule has 6 aliphatic rings. The van der Waals surface area contributed by atoms with Crippen LogP contribution in [0.3, 0.4) is 0 Å². The van der Waals surface area contributed by atoms with Gasteiger partial charge in [-0.05, 0) is 132 Å². The van der Waals surface area contributed by atoms with E-state index in [1.54, 1.807) is 40.2 Å². The summed E-state index contributed by atoms with van der Waals surface area (Å²) in [4.78, 5) is 59.1. The summed E-state index contributed by atoms with van der Waals surface area (Å²) in [5.41, 5.74) is 2.08. The molecule has 29 heteroatoms. The number of carbonyl (C=O) groups excluding carboxylic acids is 2. The van der Waals surface area contributed by atoms with E-state index in [4.69, 9.17) is 43.6 Å². The predicted molar refractivity (Wildman–Crippen MR) is 354 cm³/mol. The van der Waals surface area contributed by atoms with Crippen LogP contribution in [-0.2, 0) is 53.0 Å². The summed E-state index contributed by atoms with van der Waals surface area (Å²) in [6.45, 7) is 26.0. The average Bonchev–Trinajstić information content (AvgIpc) is 1.75. The number of likely N-dealkylation sites (N-methyl/N-ethyl adjacent to an activating group) is 2. The smallest absolute Gasteiger partial charge is 0.418 e. The number of alkyl halides is 3. The minimum atomic E-state index is -4.61. The van der Waals surface area contributed by atoms with E-state index in [0.717, 1.165) is 80.1 Å². The van der Waals surface area contributed by atoms with Gasteiger partial charge in [0.15, 0.2) is 0 Å². The zero-order chi connectivity index (χ0) is 64.0. The van der Waals surface area contributed by atoms with Crippen LogP contribution in [0.4, 0.5) is 40.1 Å². The Labute approximate surface area is 549 Å². The molecular formula is C62H95F3N16O7S2Si. The van der Waals surface area contributed by atoms with Gasteiger partial charge in [0.1, 0.15) is 42.8 Å². The summed E-state index contributed by atoms with van der Waals surface area (Å²) in [7, 11) is 2.86. The number of hydrogen-bond donors (Lipinski definition) is 1. The number of rotatable bonds is 16. The highest BCUT2D eigenvalue weighted by molar-refractivity contribution is 7.59. The van der Waals surface area contributed by atoms with Gasteiger partial charge in [-0.3, -0.25) is 0 Å². The number of nitrogens with zero attached hydrogens (tertiary/aromatic N) is 15. The first kappa shape index (κ1) is 72.3. The molecule has 1 aromatic carbocycles. The normalized spacial score (nSPS) is 20.7. The van der Waals surface area contributed by atoms with Crippen molar-refractivity contribution in [3.05, 3.63) is 46.4 Å². The lowest BCUT2D eigenvalue weighted by atomic mass is 10.00. The van der Waals surface area contributed by atoms with Crippen LogP contribution in [0, 0.1) is 22.7 Å². The van der Waals surface area contributed by atoms with Crippen LogP contribution >= 0.6 is 27.0 Å². The van der Waals surface area contributed by atoms with Crippen molar-refractivity contribution in [2.75, 3.05) is 114 Å². The quantitative estimate of drug-likeness (QED) is 0.0816. The van der Waals surface area contributed by atoms with Crippen LogP contribution in [0.15, 0.2) is 18.3 Å². The topological polar surface area (TPSA) is 232 Å². The molecule has 2 amide bonds. The summed E-state index contributed by atoms with van der Waals surface area (Å²) in [5, 5.41) is 27.4. The summed E-state index contributed by atoms with van der Waals surface area (Å²) in [6.07, 6.45) is 1.93. The highest BCUT2D eigenvalue weighted by Gasteiger charge is 2.41. The number of hydrogen-bond acceptors (Lipinski definition) is 20. The number of nitriles is 2. The molecule has 9 heterocycles. The number of likely N-dealkylation sites (tertiary alicyclic amines) is 2. The van der Waals surface area contributed by atoms with E-state index in [2.05, 4.69) is 71.0 Å². The van der Waals surface area contributed by atoms with Crippen molar-refractivity contribution >= 4 is 75.5 Å². The maximum atomic E-state index is 14.7. The zero-order valence-electron chi connectivity index (χ0n) is 54.9. The molecule has 0 radical (unpaired) electrons. The van der Waals surface area contributed by atoms with Gasteiger partial charge in [-0.15, -0.1) is 0 Å². The average molecular weight is 1330 g/mol. The SMILES string of the molecule is CN1CCC[C@H]1COc1nc2c(c(N3CCN(C(=O)OC(C)(C)C)C(CC#N)C3)n1)CCN(c1c(C(F)(F)F)ccc3c1cnn3COCC[Si](C)(C)C)C2.CN1CCC[C@H]1COc1nc2c(c(N3CCN(C(=O)OC(C)(C)C)C(CC#N)C3)n1)CCNC2.S.S. The number of nitrogens with one attached hydrogen (secondary N) is 1. The molecule has 6 aliphatic heterocycles. The van der Waals surface area contributed by atoms with Gasteiger partial charge in [-0.1, -0.05) is 19.6 Å². The lowest BCUT2D eigenvalue weighted by molar-refractivity contribution is -0.137. The monoisotopic (exact) mass is 1320 g/mol. The molecule has 2 unspecified atom stereocenters. The summed E-state index contributed by atoms with van der Waals surface area (Å²) >= 11 is 0. The summed E-state index contributed by atoms with van der Waals surface area (Å²) in [6, 6.07) is 8.43. The highest BCUT2D eigenvalue weighted by Crippen LogP contribution is 2.44. The van der Waals surface area contributed by atoms with Crippen molar-refractivity contribution in [1.29, 1.82) is 10.5 Å². The van der Waals surface area contributed by atoms with Crippen LogP contribution in [0.2, 0.25) is 25.7 Å². The third-order valence-electron chi connectivity index (χ3n) is 17.2. The molecule has 1 N–H and O–H groups in total. The van der Waals surface area contributed by atoms with Gasteiger partial charge < -0.3 is 63.3 Å². The third-order valence-corrected chi connectivity index (χ3v) is 18.9. The van der Waals surface area contributed by atoms with Crippen molar-refractivity contribution in [3.8, 4) is 24.2 Å². The highest BCUT2D eigenvalue weighted by atomic mass is 32.1. The van der Waals surface area contributed by atoms with Gasteiger partial charge >= 0.3 is 30.4 Å². The Bertz CT molecular complexity index is 3220. The minimum absolute atomic E-state index is 0. The van der Waals surface area contributed by atoms with Gasteiger partial charge in [0.25, 0.3) is 0 Å². The molecular weight excluding hydrogens is 1230 g/mol. The van der Waals surface area contributed by atoms with E-state index < -0.39 is 43.2 Å². The van der Waals surface area contributed by atoms with Gasteiger partial charge in [-0.2, -0.15) is 75.7 Å². The number of benzene rings is 1. The summed E-state index contributed by atoms with van der Waals surface area (Å²) in [5.74, 6) is 1.48. The second-order valence-electron chi connectivity index (χ2n) is 27.4. The Morgan fingerprint density at radius 2 is 1.22 bits per heavy atom. The molecule has 23 nitrogen and oxygen atoms in total. The van der Waals surface area contributed by atoms with Gasteiger partial charge in [0, 0.05) is 95.6 Å². The van der Waals surface area contributed by atoms with E-state index >= 15 is 0 Å². The maximum Gasteiger partial charge on any atom is 0.418 e. The zero-order valence-corrected chi connectivity index (χ0v) is 57.9. The first-order valence-corrected chi connectivity index (χ1v) is 35.2. The Morgan fingerprint density at radius 3 is 1.70 bits per heavy atom. The molecule has 4 fully saturated rings. The van der Waals surface area contributed by atoms with Crippen LogP contribution in [0.25, 0.3) is 10.9 Å². The lowest BCUT2D eigenvalue weighted by Gasteiger charge is -2.42. The number of fused-ring (bicyclic) bond motifs is 3. The molecule has 91 heavy (non-hydrogen) atoms. The second-order valence-corrected chi connectivity index (χ2v) is 33.1. The standard InChI is InChI=1S/C38H54F3N9O4Si.C24H37N7O3.2H2S/c1-37(2,3)54-36(51)49-18-17-48(22-26(49)12-14-42)34-28-13-16-47(23-31(28)44-35(45-34)53-24-27-9-8-15-46(27)4)33-29-21-43-50(25-52-19-20-55(5,6)7)32(29)11-10-30(33)38(39,40)41;1-24(2,3)34-23(32)31-13-12-30(15-17(31)7-9-25)21-19-8-10-26-14-20(19)27-22(28-21)33-16-18-6-5-11-29(18)4;;/h10-11,21,26-27H,8-9,12-13,15-20,22-25H2,1-7H3;17-18,26H,5-8,10-16H2,1-4H3;2*1H2/t26?,27-;17?,18-;;/m00../s1. The van der Waals surface area contributed by atoms with E-state index in [1.807, 2.05) is 25.7 Å². The van der Waals surface area contributed by atoms with Crippen LogP contribution in [0.5, 0.6) is 12.0 Å². The number of aromatic nitrogens is 6. The van der Waals surface area contributed by atoms with Crippen LogP contribution in [-0.4, -0.2) is 204 Å². The van der Waals surface area contributed by atoms with E-state index in [-0.39, 0.29) is 89.5 Å². The van der Waals surface area contributed by atoms with Crippen molar-refractivity contribution < 1.29 is 46.4 Å². The third kappa shape index (κ3) is 18.6. The maximum absolute atomic E-state index is 14.7. The molecule has 0 saturated carbocycles. The Balaban J connectivity index is 0.000000281. The van der Waals surface area contributed by atoms with Crippen molar-refractivity contribution in [1.82, 2.24) is 54.6 Å². The molecule has 4 saturated heterocycles. The van der Waals surface area contributed by atoms with E-state index in [0.29, 0.717) is 107 Å². The Hall–Kier alpha value is -6.08. The molecule has 4 atom stereocenters. The molecule has 4 aromatic rings. The molecule has 10 rings (SSSR count). The van der Waals surface area contributed by atoms with Crippen molar-refractivity contribution in [2.45, 2.75) is 180 Å². The fourth-order valence-electron chi connectivity index (χ4n) is 12.4. The molecule has 0 spiro atoms. The van der Waals surface area contributed by atoms with E-state index in [1.165, 1.54) is 18.7 Å². The molecule has 502 valence electrons. The summed E-state index contributed by atoms with van der Waals surface area (Å²) < 4.78 is 75.3. The fourth-order valence-corrected chi connectivity index (χ4v) is 13.1. The number of amides is 2. The van der Waals surface area contributed by atoms with Crippen molar-refractivity contribution in [3.63, 3.8) is 0 Å². The number of carbonyl (C=O) groups is 2.